The Morgan fingerprint density at radius 3 is 2.38 bits per heavy atom. The SMILES string of the molecule is COC1CCC(NCC2(SC)CCC2)CC1. The topological polar surface area (TPSA) is 21.3 Å². The molecule has 2 nitrogen and oxygen atoms in total. The zero-order valence-electron chi connectivity index (χ0n) is 10.6. The Bertz CT molecular complexity index is 204. The summed E-state index contributed by atoms with van der Waals surface area (Å²) in [5.41, 5.74) is 0. The fraction of sp³-hybridized carbons (Fsp3) is 1.00. The lowest BCUT2D eigenvalue weighted by molar-refractivity contribution is 0.0619. The van der Waals surface area contributed by atoms with Crippen LogP contribution in [0.5, 0.6) is 0 Å². The van der Waals surface area contributed by atoms with Crippen molar-refractivity contribution in [2.24, 2.45) is 0 Å². The maximum atomic E-state index is 5.41. The molecule has 0 bridgehead atoms. The second-order valence-corrected chi connectivity index (χ2v) is 6.61. The number of hydrogen-bond acceptors (Lipinski definition) is 3. The maximum absolute atomic E-state index is 5.41. The summed E-state index contributed by atoms with van der Waals surface area (Å²) in [6.45, 7) is 1.22. The number of thioether (sulfide) groups is 1. The number of rotatable bonds is 5. The molecule has 94 valence electrons. The Labute approximate surface area is 104 Å². The molecular formula is C13H25NOS. The molecule has 2 aliphatic carbocycles. The monoisotopic (exact) mass is 243 g/mol. The van der Waals surface area contributed by atoms with Crippen molar-refractivity contribution in [3.63, 3.8) is 0 Å². The second-order valence-electron chi connectivity index (χ2n) is 5.33. The summed E-state index contributed by atoms with van der Waals surface area (Å²) in [5.74, 6) is 0. The second kappa shape index (κ2) is 5.74. The molecular weight excluding hydrogens is 218 g/mol. The molecule has 0 amide bonds. The third-order valence-electron chi connectivity index (χ3n) is 4.42. The Balaban J connectivity index is 1.67. The van der Waals surface area contributed by atoms with E-state index in [1.54, 1.807) is 0 Å². The molecule has 2 rings (SSSR count). The molecule has 0 spiro atoms. The Kier molecular flexibility index (Phi) is 4.57. The van der Waals surface area contributed by atoms with Crippen molar-refractivity contribution in [3.8, 4) is 0 Å². The third-order valence-corrected chi connectivity index (χ3v) is 5.84. The van der Waals surface area contributed by atoms with E-state index in [4.69, 9.17) is 4.74 Å². The van der Waals surface area contributed by atoms with Crippen molar-refractivity contribution in [2.45, 2.75) is 61.8 Å². The minimum atomic E-state index is 0.524. The molecule has 0 atom stereocenters. The Morgan fingerprint density at radius 2 is 1.94 bits per heavy atom. The van der Waals surface area contributed by atoms with Gasteiger partial charge in [0, 0.05) is 24.4 Å². The average Bonchev–Trinajstić information content (AvgIpc) is 2.29. The smallest absolute Gasteiger partial charge is 0.0572 e. The van der Waals surface area contributed by atoms with Crippen LogP contribution in [0.3, 0.4) is 0 Å². The van der Waals surface area contributed by atoms with Crippen molar-refractivity contribution in [1.29, 1.82) is 0 Å². The summed E-state index contributed by atoms with van der Waals surface area (Å²) in [6, 6.07) is 0.746. The number of ether oxygens (including phenoxy) is 1. The summed E-state index contributed by atoms with van der Waals surface area (Å²) < 4.78 is 5.99. The van der Waals surface area contributed by atoms with Crippen LogP contribution in [-0.2, 0) is 4.74 Å². The largest absolute Gasteiger partial charge is 0.381 e. The molecule has 2 saturated carbocycles. The van der Waals surface area contributed by atoms with Gasteiger partial charge in [0.05, 0.1) is 6.10 Å². The van der Waals surface area contributed by atoms with E-state index >= 15 is 0 Å². The number of hydrogen-bond donors (Lipinski definition) is 1. The van der Waals surface area contributed by atoms with Crippen molar-refractivity contribution in [2.75, 3.05) is 19.9 Å². The van der Waals surface area contributed by atoms with Crippen LogP contribution >= 0.6 is 11.8 Å². The van der Waals surface area contributed by atoms with E-state index in [1.807, 2.05) is 7.11 Å². The highest BCUT2D eigenvalue weighted by Crippen LogP contribution is 2.42. The molecule has 0 heterocycles. The zero-order valence-corrected chi connectivity index (χ0v) is 11.4. The summed E-state index contributed by atoms with van der Waals surface area (Å²) >= 11 is 2.07. The lowest BCUT2D eigenvalue weighted by atomic mass is 9.83. The van der Waals surface area contributed by atoms with Gasteiger partial charge in [0.25, 0.3) is 0 Å². The predicted molar refractivity (Wildman–Crippen MR) is 71.2 cm³/mol. The summed E-state index contributed by atoms with van der Waals surface area (Å²) in [4.78, 5) is 0. The lowest BCUT2D eigenvalue weighted by Gasteiger charge is -2.42. The Hall–Kier alpha value is 0.270. The van der Waals surface area contributed by atoms with E-state index in [9.17, 15) is 0 Å². The fourth-order valence-corrected chi connectivity index (χ4v) is 3.78. The third kappa shape index (κ3) is 2.93. The van der Waals surface area contributed by atoms with Gasteiger partial charge in [-0.2, -0.15) is 11.8 Å². The molecule has 2 fully saturated rings. The van der Waals surface area contributed by atoms with Crippen LogP contribution in [-0.4, -0.2) is 36.8 Å². The first-order valence-corrected chi connectivity index (χ1v) is 7.82. The first kappa shape index (κ1) is 12.7. The predicted octanol–water partition coefficient (Wildman–Crippen LogP) is 2.82. The highest BCUT2D eigenvalue weighted by molar-refractivity contribution is 8.00. The molecule has 0 aromatic heterocycles. The first-order chi connectivity index (χ1) is 7.78. The van der Waals surface area contributed by atoms with Gasteiger partial charge in [0.1, 0.15) is 0 Å². The van der Waals surface area contributed by atoms with E-state index in [0.29, 0.717) is 10.9 Å². The molecule has 0 saturated heterocycles. The molecule has 2 aliphatic rings. The van der Waals surface area contributed by atoms with Crippen molar-refractivity contribution >= 4 is 11.8 Å². The molecule has 0 radical (unpaired) electrons. The highest BCUT2D eigenvalue weighted by Gasteiger charge is 2.36. The minimum absolute atomic E-state index is 0.524. The van der Waals surface area contributed by atoms with E-state index in [-0.39, 0.29) is 0 Å². The van der Waals surface area contributed by atoms with Crippen LogP contribution in [0.1, 0.15) is 44.9 Å². The van der Waals surface area contributed by atoms with Crippen LogP contribution < -0.4 is 5.32 Å². The van der Waals surface area contributed by atoms with Gasteiger partial charge in [-0.3, -0.25) is 0 Å². The molecule has 0 aromatic carbocycles. The van der Waals surface area contributed by atoms with Crippen LogP contribution in [0.25, 0.3) is 0 Å². The van der Waals surface area contributed by atoms with Gasteiger partial charge >= 0.3 is 0 Å². The number of methoxy groups -OCH3 is 1. The summed E-state index contributed by atoms with van der Waals surface area (Å²) in [5, 5.41) is 3.78. The highest BCUT2D eigenvalue weighted by atomic mass is 32.2. The van der Waals surface area contributed by atoms with Gasteiger partial charge in [-0.25, -0.2) is 0 Å². The van der Waals surface area contributed by atoms with Crippen LogP contribution in [0.2, 0.25) is 0 Å². The van der Waals surface area contributed by atoms with Crippen molar-refractivity contribution in [1.82, 2.24) is 5.32 Å². The van der Waals surface area contributed by atoms with Crippen molar-refractivity contribution < 1.29 is 4.74 Å². The Morgan fingerprint density at radius 1 is 1.25 bits per heavy atom. The average molecular weight is 243 g/mol. The molecule has 0 aromatic rings. The van der Waals surface area contributed by atoms with Gasteiger partial charge in [-0.05, 0) is 44.8 Å². The lowest BCUT2D eigenvalue weighted by Crippen LogP contribution is -2.47. The van der Waals surface area contributed by atoms with Crippen molar-refractivity contribution in [3.05, 3.63) is 0 Å². The van der Waals surface area contributed by atoms with E-state index in [2.05, 4.69) is 23.3 Å². The quantitative estimate of drug-likeness (QED) is 0.802. The van der Waals surface area contributed by atoms with E-state index < -0.39 is 0 Å². The van der Waals surface area contributed by atoms with Gasteiger partial charge in [-0.1, -0.05) is 6.42 Å². The fourth-order valence-electron chi connectivity index (χ4n) is 2.86. The number of nitrogens with one attached hydrogen (secondary N) is 1. The standard InChI is InChI=1S/C13H25NOS/c1-15-12-6-4-11(5-7-12)14-10-13(16-2)8-3-9-13/h11-12,14H,3-10H2,1-2H3. The molecule has 16 heavy (non-hydrogen) atoms. The molecule has 3 heteroatoms. The van der Waals surface area contributed by atoms with Crippen LogP contribution in [0, 0.1) is 0 Å². The summed E-state index contributed by atoms with van der Waals surface area (Å²) in [6.07, 6.45) is 12.1. The first-order valence-electron chi connectivity index (χ1n) is 6.59. The minimum Gasteiger partial charge on any atom is -0.381 e. The van der Waals surface area contributed by atoms with Gasteiger partial charge in [0.2, 0.25) is 0 Å². The van der Waals surface area contributed by atoms with E-state index in [1.165, 1.54) is 51.5 Å². The summed E-state index contributed by atoms with van der Waals surface area (Å²) in [7, 11) is 1.84. The van der Waals surface area contributed by atoms with E-state index in [0.717, 1.165) is 6.04 Å². The van der Waals surface area contributed by atoms with Gasteiger partial charge in [-0.15, -0.1) is 0 Å². The normalized spacial score (nSPS) is 33.4. The van der Waals surface area contributed by atoms with Gasteiger partial charge in [0.15, 0.2) is 0 Å². The van der Waals surface area contributed by atoms with Crippen LogP contribution in [0.15, 0.2) is 0 Å². The molecule has 0 unspecified atom stereocenters. The van der Waals surface area contributed by atoms with Gasteiger partial charge < -0.3 is 10.1 Å². The molecule has 0 aliphatic heterocycles. The zero-order chi connectivity index (χ0) is 11.4. The molecule has 1 N–H and O–H groups in total. The van der Waals surface area contributed by atoms with Crippen LogP contribution in [0.4, 0.5) is 0 Å². The maximum Gasteiger partial charge on any atom is 0.0572 e.